The van der Waals surface area contributed by atoms with Crippen LogP contribution in [-0.4, -0.2) is 38.6 Å². The molecule has 1 aliphatic rings. The van der Waals surface area contributed by atoms with Gasteiger partial charge in [0.05, 0.1) is 22.7 Å². The normalized spacial score (nSPS) is 16.1. The number of benzene rings is 2. The van der Waals surface area contributed by atoms with E-state index in [1.54, 1.807) is 26.1 Å². The summed E-state index contributed by atoms with van der Waals surface area (Å²) in [5, 5.41) is 4.65. The number of ether oxygens (including phenoxy) is 1. The van der Waals surface area contributed by atoms with E-state index < -0.39 is 0 Å². The summed E-state index contributed by atoms with van der Waals surface area (Å²) in [6.07, 6.45) is 1.67. The highest BCUT2D eigenvalue weighted by Gasteiger charge is 2.25. The standard InChI is InChI=1S/C20H22Cl2N2O2/c1-24(2)20(25)15-11-14-13(10-19(15)26-3)6-7-23-18(14)9-12-4-5-16(21)17(22)8-12/h4-5,8,10-11,18,23H,6-7,9H2,1-3H3/t18-/m0/s1. The van der Waals surface area contributed by atoms with Gasteiger partial charge in [-0.25, -0.2) is 0 Å². The van der Waals surface area contributed by atoms with Crippen LogP contribution >= 0.6 is 23.2 Å². The highest BCUT2D eigenvalue weighted by Crippen LogP contribution is 2.33. The third-order valence-electron chi connectivity index (χ3n) is 4.68. The number of halogens is 2. The lowest BCUT2D eigenvalue weighted by Crippen LogP contribution is -2.32. The molecule has 0 unspecified atom stereocenters. The average Bonchev–Trinajstić information content (AvgIpc) is 2.63. The minimum Gasteiger partial charge on any atom is -0.496 e. The Hall–Kier alpha value is -1.75. The average molecular weight is 393 g/mol. The number of hydrogen-bond acceptors (Lipinski definition) is 3. The number of methoxy groups -OCH3 is 1. The van der Waals surface area contributed by atoms with Gasteiger partial charge in [-0.1, -0.05) is 29.3 Å². The molecule has 0 radical (unpaired) electrons. The Morgan fingerprint density at radius 3 is 2.65 bits per heavy atom. The van der Waals surface area contributed by atoms with E-state index in [4.69, 9.17) is 27.9 Å². The quantitative estimate of drug-likeness (QED) is 0.849. The number of amides is 1. The fraction of sp³-hybridized carbons (Fsp3) is 0.350. The molecule has 0 fully saturated rings. The van der Waals surface area contributed by atoms with Crippen LogP contribution in [0.3, 0.4) is 0 Å². The van der Waals surface area contributed by atoms with Gasteiger partial charge in [-0.3, -0.25) is 4.79 Å². The summed E-state index contributed by atoms with van der Waals surface area (Å²) in [5.74, 6) is 0.557. The van der Waals surface area contributed by atoms with Crippen molar-refractivity contribution in [2.24, 2.45) is 0 Å². The topological polar surface area (TPSA) is 41.6 Å². The highest BCUT2D eigenvalue weighted by atomic mass is 35.5. The summed E-state index contributed by atoms with van der Waals surface area (Å²) in [5.41, 5.74) is 4.02. The predicted molar refractivity (Wildman–Crippen MR) is 106 cm³/mol. The maximum atomic E-state index is 12.6. The first-order valence-electron chi connectivity index (χ1n) is 8.50. The van der Waals surface area contributed by atoms with Crippen molar-refractivity contribution in [2.75, 3.05) is 27.7 Å². The molecule has 138 valence electrons. The Balaban J connectivity index is 1.98. The summed E-state index contributed by atoms with van der Waals surface area (Å²) in [6, 6.07) is 9.77. The summed E-state index contributed by atoms with van der Waals surface area (Å²) >= 11 is 12.2. The summed E-state index contributed by atoms with van der Waals surface area (Å²) in [4.78, 5) is 14.1. The molecule has 26 heavy (non-hydrogen) atoms. The number of nitrogens with one attached hydrogen (secondary N) is 1. The molecule has 1 heterocycles. The van der Waals surface area contributed by atoms with E-state index in [0.717, 1.165) is 30.5 Å². The molecule has 3 rings (SSSR count). The van der Waals surface area contributed by atoms with Crippen LogP contribution in [0.5, 0.6) is 5.75 Å². The second-order valence-electron chi connectivity index (χ2n) is 6.66. The van der Waals surface area contributed by atoms with Gasteiger partial charge in [0.15, 0.2) is 0 Å². The smallest absolute Gasteiger partial charge is 0.257 e. The highest BCUT2D eigenvalue weighted by molar-refractivity contribution is 6.42. The van der Waals surface area contributed by atoms with Crippen molar-refractivity contribution in [1.82, 2.24) is 10.2 Å². The number of nitrogens with zero attached hydrogens (tertiary/aromatic N) is 1. The molecule has 0 saturated heterocycles. The molecule has 1 atom stereocenters. The molecule has 2 aromatic carbocycles. The van der Waals surface area contributed by atoms with Crippen LogP contribution in [0.1, 0.15) is 33.1 Å². The molecule has 1 amide bonds. The number of carbonyl (C=O) groups excluding carboxylic acids is 1. The molecule has 1 N–H and O–H groups in total. The fourth-order valence-corrected chi connectivity index (χ4v) is 3.65. The lowest BCUT2D eigenvalue weighted by molar-refractivity contribution is 0.0824. The maximum Gasteiger partial charge on any atom is 0.257 e. The molecule has 0 aromatic heterocycles. The number of rotatable bonds is 4. The van der Waals surface area contributed by atoms with Crippen molar-refractivity contribution in [3.63, 3.8) is 0 Å². The van der Waals surface area contributed by atoms with Gasteiger partial charge in [-0.2, -0.15) is 0 Å². The largest absolute Gasteiger partial charge is 0.496 e. The number of carbonyl (C=O) groups is 1. The first kappa shape index (κ1) is 19.0. The molecule has 2 aromatic rings. The first-order valence-corrected chi connectivity index (χ1v) is 9.26. The van der Waals surface area contributed by atoms with Crippen LogP contribution < -0.4 is 10.1 Å². The zero-order valence-corrected chi connectivity index (χ0v) is 16.6. The van der Waals surface area contributed by atoms with E-state index in [9.17, 15) is 4.79 Å². The van der Waals surface area contributed by atoms with Gasteiger partial charge >= 0.3 is 0 Å². The minimum absolute atomic E-state index is 0.0662. The van der Waals surface area contributed by atoms with Crippen LogP contribution in [0.25, 0.3) is 0 Å². The zero-order chi connectivity index (χ0) is 18.8. The van der Waals surface area contributed by atoms with Gasteiger partial charge in [-0.15, -0.1) is 0 Å². The predicted octanol–water partition coefficient (Wildman–Crippen LogP) is 4.13. The number of hydrogen-bond donors (Lipinski definition) is 1. The Bertz CT molecular complexity index is 837. The Kier molecular flexibility index (Phi) is 5.76. The number of fused-ring (bicyclic) bond motifs is 1. The van der Waals surface area contributed by atoms with E-state index >= 15 is 0 Å². The molecule has 6 heteroatoms. The molecule has 0 spiro atoms. The molecule has 0 saturated carbocycles. The summed E-state index contributed by atoms with van der Waals surface area (Å²) in [7, 11) is 5.09. The van der Waals surface area contributed by atoms with Crippen molar-refractivity contribution >= 4 is 29.1 Å². The maximum absolute atomic E-state index is 12.6. The monoisotopic (exact) mass is 392 g/mol. The van der Waals surface area contributed by atoms with E-state index in [1.807, 2.05) is 30.3 Å². The van der Waals surface area contributed by atoms with E-state index in [2.05, 4.69) is 5.32 Å². The second kappa shape index (κ2) is 7.87. The van der Waals surface area contributed by atoms with Gasteiger partial charge in [0, 0.05) is 20.1 Å². The molecule has 4 nitrogen and oxygen atoms in total. The van der Waals surface area contributed by atoms with Gasteiger partial charge in [0.25, 0.3) is 5.91 Å². The summed E-state index contributed by atoms with van der Waals surface area (Å²) in [6.45, 7) is 0.878. The molecule has 0 aliphatic carbocycles. The lowest BCUT2D eigenvalue weighted by atomic mass is 9.88. The van der Waals surface area contributed by atoms with E-state index in [-0.39, 0.29) is 11.9 Å². The first-order chi connectivity index (χ1) is 12.4. The molecular formula is C20H22Cl2N2O2. The second-order valence-corrected chi connectivity index (χ2v) is 7.47. The molecular weight excluding hydrogens is 371 g/mol. The van der Waals surface area contributed by atoms with Crippen LogP contribution in [-0.2, 0) is 12.8 Å². The third kappa shape index (κ3) is 3.83. The van der Waals surface area contributed by atoms with Crippen molar-refractivity contribution in [1.29, 1.82) is 0 Å². The van der Waals surface area contributed by atoms with Gasteiger partial charge in [-0.05, 0) is 60.3 Å². The van der Waals surface area contributed by atoms with E-state index in [1.165, 1.54) is 5.56 Å². The summed E-state index contributed by atoms with van der Waals surface area (Å²) < 4.78 is 5.47. The molecule has 0 bridgehead atoms. The zero-order valence-electron chi connectivity index (χ0n) is 15.1. The van der Waals surface area contributed by atoms with Crippen molar-refractivity contribution in [3.8, 4) is 5.75 Å². The Morgan fingerprint density at radius 2 is 2.00 bits per heavy atom. The van der Waals surface area contributed by atoms with Gasteiger partial charge in [0.1, 0.15) is 5.75 Å². The Morgan fingerprint density at radius 1 is 1.23 bits per heavy atom. The van der Waals surface area contributed by atoms with Crippen LogP contribution in [0, 0.1) is 0 Å². The van der Waals surface area contributed by atoms with Gasteiger partial charge in [0.2, 0.25) is 0 Å². The Labute approximate surface area is 164 Å². The van der Waals surface area contributed by atoms with Crippen molar-refractivity contribution in [3.05, 3.63) is 62.6 Å². The van der Waals surface area contributed by atoms with Crippen LogP contribution in [0.15, 0.2) is 30.3 Å². The van der Waals surface area contributed by atoms with Crippen LogP contribution in [0.4, 0.5) is 0 Å². The van der Waals surface area contributed by atoms with Crippen LogP contribution in [0.2, 0.25) is 10.0 Å². The lowest BCUT2D eigenvalue weighted by Gasteiger charge is -2.29. The molecule has 1 aliphatic heterocycles. The van der Waals surface area contributed by atoms with Gasteiger partial charge < -0.3 is 15.0 Å². The SMILES string of the molecule is COc1cc2c(cc1C(=O)N(C)C)[C@H](Cc1ccc(Cl)c(Cl)c1)NCC2. The van der Waals surface area contributed by atoms with Crippen molar-refractivity contribution in [2.45, 2.75) is 18.9 Å². The van der Waals surface area contributed by atoms with E-state index in [0.29, 0.717) is 21.4 Å². The minimum atomic E-state index is -0.0662. The fourth-order valence-electron chi connectivity index (χ4n) is 3.33. The van der Waals surface area contributed by atoms with Crippen molar-refractivity contribution < 1.29 is 9.53 Å². The third-order valence-corrected chi connectivity index (χ3v) is 5.42.